The van der Waals surface area contributed by atoms with Gasteiger partial charge in [0.1, 0.15) is 5.75 Å². The highest BCUT2D eigenvalue weighted by molar-refractivity contribution is 5.37. The van der Waals surface area contributed by atoms with E-state index in [1.165, 1.54) is 16.7 Å². The Morgan fingerprint density at radius 3 is 1.80 bits per heavy atom. The summed E-state index contributed by atoms with van der Waals surface area (Å²) in [5, 5.41) is 0. The summed E-state index contributed by atoms with van der Waals surface area (Å²) in [7, 11) is 0. The molecule has 2 aromatic rings. The van der Waals surface area contributed by atoms with Crippen LogP contribution >= 0.6 is 0 Å². The van der Waals surface area contributed by atoms with E-state index in [0.29, 0.717) is 18.4 Å². The summed E-state index contributed by atoms with van der Waals surface area (Å²) in [6, 6.07) is 17.4. The lowest BCUT2D eigenvalue weighted by Crippen LogP contribution is -2.08. The van der Waals surface area contributed by atoms with Gasteiger partial charge in [-0.25, -0.2) is 0 Å². The van der Waals surface area contributed by atoms with Crippen LogP contribution in [0.3, 0.4) is 0 Å². The Hall–Kier alpha value is -1.76. The van der Waals surface area contributed by atoms with Crippen LogP contribution in [0.2, 0.25) is 0 Å². The van der Waals surface area contributed by atoms with E-state index in [0.717, 1.165) is 5.75 Å². The Kier molecular flexibility index (Phi) is 4.84. The molecule has 0 aromatic heterocycles. The van der Waals surface area contributed by atoms with Crippen molar-refractivity contribution in [1.82, 2.24) is 0 Å². The van der Waals surface area contributed by atoms with Crippen molar-refractivity contribution in [3.05, 3.63) is 65.2 Å². The Morgan fingerprint density at radius 2 is 1.35 bits per heavy atom. The van der Waals surface area contributed by atoms with Crippen molar-refractivity contribution < 1.29 is 4.74 Å². The minimum atomic E-state index is 0.436. The normalized spacial score (nSPS) is 12.4. The molecular weight excluding hydrogens is 244 g/mol. The summed E-state index contributed by atoms with van der Waals surface area (Å²) < 4.78 is 5.52. The number of ether oxygens (including phenoxy) is 1. The molecule has 1 atom stereocenters. The van der Waals surface area contributed by atoms with Crippen LogP contribution in [0.5, 0.6) is 5.75 Å². The summed E-state index contributed by atoms with van der Waals surface area (Å²) in [6.45, 7) is 9.41. The molecule has 0 heterocycles. The third-order valence-electron chi connectivity index (χ3n) is 3.65. The highest BCUT2D eigenvalue weighted by atomic mass is 16.5. The number of benzene rings is 2. The molecule has 0 radical (unpaired) electrons. The molecule has 0 fully saturated rings. The fraction of sp³-hybridized carbons (Fsp3) is 0.368. The lowest BCUT2D eigenvalue weighted by Gasteiger charge is -2.22. The Bertz CT molecular complexity index is 523. The topological polar surface area (TPSA) is 9.23 Å². The molecule has 1 nitrogen and oxygen atoms in total. The molecule has 106 valence electrons. The van der Waals surface area contributed by atoms with Gasteiger partial charge < -0.3 is 4.74 Å². The smallest absolute Gasteiger partial charge is 0.119 e. The van der Waals surface area contributed by atoms with Crippen molar-refractivity contribution in [2.75, 3.05) is 6.61 Å². The Balaban J connectivity index is 2.30. The molecule has 0 aliphatic rings. The standard InChI is InChI=1S/C19H24O/c1-5-20-18-12-10-17(11-13-18)19(14(2)3)16-8-6-15(4)7-9-16/h6-14,19H,5H2,1-4H3. The van der Waals surface area contributed by atoms with E-state index in [9.17, 15) is 0 Å². The number of hydrogen-bond donors (Lipinski definition) is 0. The van der Waals surface area contributed by atoms with Crippen LogP contribution in [-0.2, 0) is 0 Å². The van der Waals surface area contributed by atoms with Crippen LogP contribution in [0.4, 0.5) is 0 Å². The summed E-state index contributed by atoms with van der Waals surface area (Å²) >= 11 is 0. The SMILES string of the molecule is CCOc1ccc(C(c2ccc(C)cc2)C(C)C)cc1. The fourth-order valence-electron chi connectivity index (χ4n) is 2.67. The largest absolute Gasteiger partial charge is 0.494 e. The number of rotatable bonds is 5. The van der Waals surface area contributed by atoms with Crippen LogP contribution in [0.25, 0.3) is 0 Å². The molecule has 0 spiro atoms. The molecule has 0 N–H and O–H groups in total. The van der Waals surface area contributed by atoms with Crippen LogP contribution in [0.1, 0.15) is 43.4 Å². The van der Waals surface area contributed by atoms with Gasteiger partial charge in [-0.15, -0.1) is 0 Å². The van der Waals surface area contributed by atoms with Crippen molar-refractivity contribution in [2.24, 2.45) is 5.92 Å². The van der Waals surface area contributed by atoms with Gasteiger partial charge >= 0.3 is 0 Å². The second kappa shape index (κ2) is 6.60. The van der Waals surface area contributed by atoms with Gasteiger partial charge in [-0.05, 0) is 43.0 Å². The van der Waals surface area contributed by atoms with Crippen LogP contribution < -0.4 is 4.74 Å². The van der Waals surface area contributed by atoms with Gasteiger partial charge in [-0.1, -0.05) is 55.8 Å². The number of hydrogen-bond acceptors (Lipinski definition) is 1. The highest BCUT2D eigenvalue weighted by Gasteiger charge is 2.18. The maximum Gasteiger partial charge on any atom is 0.119 e. The van der Waals surface area contributed by atoms with E-state index >= 15 is 0 Å². The third kappa shape index (κ3) is 3.41. The molecule has 0 amide bonds. The lowest BCUT2D eigenvalue weighted by atomic mass is 9.82. The van der Waals surface area contributed by atoms with Gasteiger partial charge in [0, 0.05) is 5.92 Å². The molecule has 0 bridgehead atoms. The average molecular weight is 268 g/mol. The van der Waals surface area contributed by atoms with Gasteiger partial charge in [-0.3, -0.25) is 0 Å². The van der Waals surface area contributed by atoms with Crippen molar-refractivity contribution in [2.45, 2.75) is 33.6 Å². The molecule has 0 aliphatic heterocycles. The first kappa shape index (κ1) is 14.6. The van der Waals surface area contributed by atoms with E-state index in [4.69, 9.17) is 4.74 Å². The van der Waals surface area contributed by atoms with Gasteiger partial charge in [0.15, 0.2) is 0 Å². The molecule has 2 aromatic carbocycles. The van der Waals surface area contributed by atoms with E-state index in [2.05, 4.69) is 69.3 Å². The predicted octanol–water partition coefficient (Wildman–Crippen LogP) is 5.18. The van der Waals surface area contributed by atoms with Crippen molar-refractivity contribution in [3.8, 4) is 5.75 Å². The Labute approximate surface area is 122 Å². The van der Waals surface area contributed by atoms with Crippen molar-refractivity contribution in [1.29, 1.82) is 0 Å². The van der Waals surface area contributed by atoms with Crippen molar-refractivity contribution >= 4 is 0 Å². The highest BCUT2D eigenvalue weighted by Crippen LogP contribution is 2.32. The molecular formula is C19H24O. The second-order valence-electron chi connectivity index (χ2n) is 5.63. The number of aryl methyl sites for hydroxylation is 1. The first-order valence-corrected chi connectivity index (χ1v) is 7.41. The second-order valence-corrected chi connectivity index (χ2v) is 5.63. The van der Waals surface area contributed by atoms with E-state index in [1.807, 2.05) is 6.92 Å². The zero-order valence-corrected chi connectivity index (χ0v) is 12.9. The molecule has 20 heavy (non-hydrogen) atoms. The third-order valence-corrected chi connectivity index (χ3v) is 3.65. The molecule has 0 saturated heterocycles. The zero-order valence-electron chi connectivity index (χ0n) is 12.9. The molecule has 1 heteroatoms. The van der Waals surface area contributed by atoms with E-state index in [1.54, 1.807) is 0 Å². The van der Waals surface area contributed by atoms with Crippen LogP contribution in [0, 0.1) is 12.8 Å². The lowest BCUT2D eigenvalue weighted by molar-refractivity contribution is 0.340. The van der Waals surface area contributed by atoms with Gasteiger partial charge in [0.2, 0.25) is 0 Å². The molecule has 0 aliphatic carbocycles. The minimum Gasteiger partial charge on any atom is -0.494 e. The predicted molar refractivity (Wildman–Crippen MR) is 85.5 cm³/mol. The maximum absolute atomic E-state index is 5.52. The molecule has 2 rings (SSSR count). The van der Waals surface area contributed by atoms with E-state index < -0.39 is 0 Å². The zero-order chi connectivity index (χ0) is 14.5. The Morgan fingerprint density at radius 1 is 0.850 bits per heavy atom. The summed E-state index contributed by atoms with van der Waals surface area (Å²) in [5.41, 5.74) is 4.05. The minimum absolute atomic E-state index is 0.436. The summed E-state index contributed by atoms with van der Waals surface area (Å²) in [5.74, 6) is 1.95. The van der Waals surface area contributed by atoms with E-state index in [-0.39, 0.29) is 0 Å². The van der Waals surface area contributed by atoms with Gasteiger partial charge in [0.25, 0.3) is 0 Å². The first-order valence-electron chi connectivity index (χ1n) is 7.41. The first-order chi connectivity index (χ1) is 9.61. The van der Waals surface area contributed by atoms with Gasteiger partial charge in [-0.2, -0.15) is 0 Å². The van der Waals surface area contributed by atoms with Crippen LogP contribution in [0.15, 0.2) is 48.5 Å². The summed E-state index contributed by atoms with van der Waals surface area (Å²) in [4.78, 5) is 0. The summed E-state index contributed by atoms with van der Waals surface area (Å²) in [6.07, 6.45) is 0. The van der Waals surface area contributed by atoms with Crippen LogP contribution in [-0.4, -0.2) is 6.61 Å². The molecule has 0 saturated carbocycles. The quantitative estimate of drug-likeness (QED) is 0.726. The maximum atomic E-state index is 5.52. The fourth-order valence-corrected chi connectivity index (χ4v) is 2.67. The van der Waals surface area contributed by atoms with Gasteiger partial charge in [0.05, 0.1) is 6.61 Å². The molecule has 1 unspecified atom stereocenters. The monoisotopic (exact) mass is 268 g/mol. The average Bonchev–Trinajstić information content (AvgIpc) is 2.43. The van der Waals surface area contributed by atoms with Crippen molar-refractivity contribution in [3.63, 3.8) is 0 Å².